The van der Waals surface area contributed by atoms with Crippen LogP contribution in [0.3, 0.4) is 0 Å². The molecule has 0 saturated heterocycles. The number of rotatable bonds is 3. The molecule has 0 spiro atoms. The number of unbranched alkanes of at least 4 members (excludes halogenated alkanes) is 3. The molecular formula is C6H14Nd. The summed E-state index contributed by atoms with van der Waals surface area (Å²) in [5, 5.41) is 0. The summed E-state index contributed by atoms with van der Waals surface area (Å²) in [6, 6.07) is 0. The molecule has 0 aliphatic carbocycles. The Morgan fingerprint density at radius 2 is 1.14 bits per heavy atom. The third-order valence-electron chi connectivity index (χ3n) is 0.957. The first-order valence-corrected chi connectivity index (χ1v) is 2.91. The fourth-order valence-corrected chi connectivity index (χ4v) is 0.500. The zero-order valence-corrected chi connectivity index (χ0v) is 8.54. The van der Waals surface area contributed by atoms with Crippen molar-refractivity contribution in [3.05, 3.63) is 0 Å². The van der Waals surface area contributed by atoms with Gasteiger partial charge in [0.25, 0.3) is 0 Å². The Kier molecular flexibility index (Phi) is 16.5. The molecular weight excluding hydrogens is 216 g/mol. The van der Waals surface area contributed by atoms with Gasteiger partial charge in [0.05, 0.1) is 0 Å². The Balaban J connectivity index is 0. The van der Waals surface area contributed by atoms with E-state index in [-0.39, 0.29) is 40.8 Å². The van der Waals surface area contributed by atoms with Gasteiger partial charge in [-0.05, 0) is 0 Å². The Morgan fingerprint density at radius 3 is 1.29 bits per heavy atom. The average molecular weight is 230 g/mol. The van der Waals surface area contributed by atoms with Crippen LogP contribution in [0, 0.1) is 40.8 Å². The van der Waals surface area contributed by atoms with Crippen LogP contribution in [0.5, 0.6) is 0 Å². The molecule has 0 aromatic rings. The van der Waals surface area contributed by atoms with E-state index in [1.54, 1.807) is 0 Å². The summed E-state index contributed by atoms with van der Waals surface area (Å²) >= 11 is 0. The minimum absolute atomic E-state index is 0. The Bertz CT molecular complexity index is 16.1. The topological polar surface area (TPSA) is 0 Å². The summed E-state index contributed by atoms with van der Waals surface area (Å²) in [5.41, 5.74) is 0. The van der Waals surface area contributed by atoms with Crippen LogP contribution in [0.1, 0.15) is 39.5 Å². The molecule has 0 N–H and O–H groups in total. The van der Waals surface area contributed by atoms with Crippen molar-refractivity contribution in [1.29, 1.82) is 0 Å². The van der Waals surface area contributed by atoms with Crippen LogP contribution in [-0.2, 0) is 0 Å². The van der Waals surface area contributed by atoms with E-state index in [1.165, 1.54) is 25.7 Å². The monoisotopic (exact) mass is 228 g/mol. The maximum absolute atomic E-state index is 2.23. The second-order valence-electron chi connectivity index (χ2n) is 1.71. The van der Waals surface area contributed by atoms with Crippen LogP contribution >= 0.6 is 0 Å². The van der Waals surface area contributed by atoms with Crippen molar-refractivity contribution in [2.75, 3.05) is 0 Å². The van der Waals surface area contributed by atoms with E-state index >= 15 is 0 Å². The van der Waals surface area contributed by atoms with Gasteiger partial charge in [-0.2, -0.15) is 0 Å². The first-order valence-electron chi connectivity index (χ1n) is 2.91. The second kappa shape index (κ2) is 10.4. The van der Waals surface area contributed by atoms with Gasteiger partial charge in [-0.15, -0.1) is 0 Å². The Labute approximate surface area is 79.6 Å². The number of hydrogen-bond acceptors (Lipinski definition) is 0. The molecule has 0 bridgehead atoms. The molecule has 0 radical (unpaired) electrons. The standard InChI is InChI=1S/C6H14.Nd/c1-3-5-6-4-2;/h3-6H2,1-2H3;. The molecule has 1 heteroatoms. The van der Waals surface area contributed by atoms with Crippen molar-refractivity contribution >= 4 is 0 Å². The smallest absolute Gasteiger partial charge is 0 e. The molecule has 0 aromatic heterocycles. The van der Waals surface area contributed by atoms with E-state index in [1.807, 2.05) is 0 Å². The SMILES string of the molecule is CCCCCC.[Nd]. The molecule has 0 aliphatic rings. The first kappa shape index (κ1) is 11.2. The van der Waals surface area contributed by atoms with E-state index < -0.39 is 0 Å². The van der Waals surface area contributed by atoms with Gasteiger partial charge in [-0.3, -0.25) is 0 Å². The zero-order chi connectivity index (χ0) is 4.83. The maximum Gasteiger partial charge on any atom is 0 e. The van der Waals surface area contributed by atoms with E-state index in [4.69, 9.17) is 0 Å². The summed E-state index contributed by atoms with van der Waals surface area (Å²) < 4.78 is 0. The van der Waals surface area contributed by atoms with Crippen LogP contribution in [0.2, 0.25) is 0 Å². The molecule has 7 heavy (non-hydrogen) atoms. The zero-order valence-electron chi connectivity index (χ0n) is 5.33. The third-order valence-corrected chi connectivity index (χ3v) is 0.957. The van der Waals surface area contributed by atoms with Gasteiger partial charge < -0.3 is 0 Å². The van der Waals surface area contributed by atoms with Crippen LogP contribution in [0.15, 0.2) is 0 Å². The van der Waals surface area contributed by atoms with Crippen molar-refractivity contribution in [1.82, 2.24) is 0 Å². The minimum atomic E-state index is 0. The first-order chi connectivity index (χ1) is 2.91. The predicted octanol–water partition coefficient (Wildman–Crippen LogP) is 2.59. The molecule has 0 nitrogen and oxygen atoms in total. The second-order valence-corrected chi connectivity index (χ2v) is 1.71. The molecule has 0 rings (SSSR count). The predicted molar refractivity (Wildman–Crippen MR) is 29.8 cm³/mol. The molecule has 0 saturated carbocycles. The third kappa shape index (κ3) is 11.1. The van der Waals surface area contributed by atoms with Gasteiger partial charge in [-0.25, -0.2) is 0 Å². The summed E-state index contributed by atoms with van der Waals surface area (Å²) in [5.74, 6) is 0. The van der Waals surface area contributed by atoms with E-state index in [0.717, 1.165) is 0 Å². The van der Waals surface area contributed by atoms with Gasteiger partial charge in [-0.1, -0.05) is 39.5 Å². The van der Waals surface area contributed by atoms with Gasteiger partial charge in [0.1, 0.15) is 0 Å². The van der Waals surface area contributed by atoms with E-state index in [2.05, 4.69) is 13.8 Å². The summed E-state index contributed by atoms with van der Waals surface area (Å²) in [6.45, 7) is 4.46. The summed E-state index contributed by atoms with van der Waals surface area (Å²) in [6.07, 6.45) is 5.54. The van der Waals surface area contributed by atoms with Gasteiger partial charge in [0.15, 0.2) is 0 Å². The van der Waals surface area contributed by atoms with Crippen LogP contribution in [-0.4, -0.2) is 0 Å². The molecule has 0 unspecified atom stereocenters. The fraction of sp³-hybridized carbons (Fsp3) is 1.00. The van der Waals surface area contributed by atoms with Crippen LogP contribution in [0.25, 0.3) is 0 Å². The van der Waals surface area contributed by atoms with E-state index in [0.29, 0.717) is 0 Å². The average Bonchev–Trinajstić information content (AvgIpc) is 1.61. The minimum Gasteiger partial charge on any atom is -0.0654 e. The van der Waals surface area contributed by atoms with Gasteiger partial charge in [0, 0.05) is 40.8 Å². The molecule has 0 atom stereocenters. The fourth-order valence-electron chi connectivity index (χ4n) is 0.500. The maximum atomic E-state index is 2.23. The van der Waals surface area contributed by atoms with Crippen molar-refractivity contribution in [3.8, 4) is 0 Å². The molecule has 42 valence electrons. The molecule has 0 aromatic carbocycles. The van der Waals surface area contributed by atoms with Crippen LogP contribution < -0.4 is 0 Å². The van der Waals surface area contributed by atoms with E-state index in [9.17, 15) is 0 Å². The van der Waals surface area contributed by atoms with Crippen molar-refractivity contribution in [2.24, 2.45) is 0 Å². The molecule has 0 amide bonds. The molecule has 0 heterocycles. The summed E-state index contributed by atoms with van der Waals surface area (Å²) in [7, 11) is 0. The Morgan fingerprint density at radius 1 is 0.857 bits per heavy atom. The van der Waals surface area contributed by atoms with Crippen molar-refractivity contribution in [2.45, 2.75) is 39.5 Å². The number of hydrogen-bond donors (Lipinski definition) is 0. The largest absolute Gasteiger partial charge is 0.0654 e. The molecule has 0 fully saturated rings. The van der Waals surface area contributed by atoms with Gasteiger partial charge >= 0.3 is 0 Å². The normalized spacial score (nSPS) is 7.71. The quantitative estimate of drug-likeness (QED) is 0.654. The van der Waals surface area contributed by atoms with Gasteiger partial charge in [0.2, 0.25) is 0 Å². The van der Waals surface area contributed by atoms with Crippen molar-refractivity contribution < 1.29 is 40.8 Å². The Hall–Kier alpha value is 1.35. The molecule has 0 aliphatic heterocycles. The van der Waals surface area contributed by atoms with Crippen LogP contribution in [0.4, 0.5) is 0 Å². The summed E-state index contributed by atoms with van der Waals surface area (Å²) in [4.78, 5) is 0. The van der Waals surface area contributed by atoms with Crippen molar-refractivity contribution in [3.63, 3.8) is 0 Å².